The highest BCUT2D eigenvalue weighted by Gasteiger charge is 2.16. The van der Waals surface area contributed by atoms with E-state index in [4.69, 9.17) is 4.74 Å². The Bertz CT molecular complexity index is 485. The van der Waals surface area contributed by atoms with E-state index in [1.54, 1.807) is 0 Å². The van der Waals surface area contributed by atoms with Gasteiger partial charge in [-0.25, -0.2) is 0 Å². The molecule has 1 aliphatic rings. The van der Waals surface area contributed by atoms with E-state index in [0.717, 1.165) is 37.5 Å². The number of nitrogens with zero attached hydrogens (tertiary/aromatic N) is 1. The fourth-order valence-corrected chi connectivity index (χ4v) is 2.47. The maximum Gasteiger partial charge on any atom is 0.226 e. The van der Waals surface area contributed by atoms with Crippen molar-refractivity contribution in [3.8, 4) is 5.75 Å². The number of piperazine rings is 1. The molecule has 0 atom stereocenters. The van der Waals surface area contributed by atoms with Crippen LogP contribution in [-0.4, -0.2) is 43.6 Å². The molecular weight excluding hydrogens is 288 g/mol. The van der Waals surface area contributed by atoms with E-state index in [1.165, 1.54) is 11.1 Å². The molecule has 0 unspecified atom stereocenters. The SMILES string of the molecule is Cc1cc(C)c(C)c(OCCC(=O)N2CCNCC2)c1.Cl. The van der Waals surface area contributed by atoms with Gasteiger partial charge in [0.15, 0.2) is 0 Å². The van der Waals surface area contributed by atoms with Crippen LogP contribution in [0.4, 0.5) is 0 Å². The molecule has 1 fully saturated rings. The van der Waals surface area contributed by atoms with E-state index in [1.807, 2.05) is 11.0 Å². The van der Waals surface area contributed by atoms with Gasteiger partial charge in [0, 0.05) is 26.2 Å². The fraction of sp³-hybridized carbons (Fsp3) is 0.562. The van der Waals surface area contributed by atoms with Crippen LogP contribution in [-0.2, 0) is 4.79 Å². The molecule has 0 bridgehead atoms. The lowest BCUT2D eigenvalue weighted by Gasteiger charge is -2.27. The van der Waals surface area contributed by atoms with Gasteiger partial charge in [-0.15, -0.1) is 12.4 Å². The van der Waals surface area contributed by atoms with E-state index in [2.05, 4.69) is 32.2 Å². The molecule has 21 heavy (non-hydrogen) atoms. The Hall–Kier alpha value is -1.26. The van der Waals surface area contributed by atoms with Crippen molar-refractivity contribution >= 4 is 18.3 Å². The van der Waals surface area contributed by atoms with Crippen molar-refractivity contribution in [3.63, 3.8) is 0 Å². The average molecular weight is 313 g/mol. The van der Waals surface area contributed by atoms with Gasteiger partial charge in [0.05, 0.1) is 13.0 Å². The Morgan fingerprint density at radius 1 is 1.24 bits per heavy atom. The molecule has 1 aromatic rings. The second-order valence-electron chi connectivity index (χ2n) is 5.43. The molecule has 0 aromatic heterocycles. The lowest BCUT2D eigenvalue weighted by molar-refractivity contribution is -0.132. The van der Waals surface area contributed by atoms with Crippen LogP contribution >= 0.6 is 12.4 Å². The lowest BCUT2D eigenvalue weighted by atomic mass is 10.1. The first kappa shape index (κ1) is 17.8. The molecule has 0 spiro atoms. The third-order valence-corrected chi connectivity index (χ3v) is 3.81. The number of aryl methyl sites for hydroxylation is 2. The summed E-state index contributed by atoms with van der Waals surface area (Å²) in [6.45, 7) is 10.1. The van der Waals surface area contributed by atoms with Gasteiger partial charge in [0.25, 0.3) is 0 Å². The maximum absolute atomic E-state index is 12.0. The Labute approximate surface area is 133 Å². The number of ether oxygens (including phenoxy) is 1. The summed E-state index contributed by atoms with van der Waals surface area (Å²) in [5.41, 5.74) is 3.58. The predicted octanol–water partition coefficient (Wildman–Crippen LogP) is 2.23. The number of amides is 1. The van der Waals surface area contributed by atoms with Crippen LogP contribution < -0.4 is 10.1 Å². The molecule has 1 aromatic carbocycles. The highest BCUT2D eigenvalue weighted by Crippen LogP contribution is 2.23. The molecule has 1 amide bonds. The van der Waals surface area contributed by atoms with Crippen LogP contribution in [0.5, 0.6) is 5.75 Å². The summed E-state index contributed by atoms with van der Waals surface area (Å²) >= 11 is 0. The second kappa shape index (κ2) is 8.25. The van der Waals surface area contributed by atoms with Crippen LogP contribution in [0.3, 0.4) is 0 Å². The van der Waals surface area contributed by atoms with Gasteiger partial charge >= 0.3 is 0 Å². The van der Waals surface area contributed by atoms with Crippen LogP contribution in [0, 0.1) is 20.8 Å². The van der Waals surface area contributed by atoms with Crippen LogP contribution in [0.1, 0.15) is 23.1 Å². The first-order chi connectivity index (χ1) is 9.58. The Morgan fingerprint density at radius 3 is 2.57 bits per heavy atom. The number of halogens is 1. The number of hydrogen-bond acceptors (Lipinski definition) is 3. The van der Waals surface area contributed by atoms with Gasteiger partial charge in [-0.2, -0.15) is 0 Å². The molecule has 1 N–H and O–H groups in total. The molecule has 5 heteroatoms. The van der Waals surface area contributed by atoms with Crippen molar-refractivity contribution in [3.05, 3.63) is 28.8 Å². The Kier molecular flexibility index (Phi) is 6.99. The summed E-state index contributed by atoms with van der Waals surface area (Å²) in [4.78, 5) is 13.9. The molecule has 4 nitrogen and oxygen atoms in total. The zero-order valence-corrected chi connectivity index (χ0v) is 13.9. The Balaban J connectivity index is 0.00000220. The van der Waals surface area contributed by atoms with Crippen molar-refractivity contribution in [2.45, 2.75) is 27.2 Å². The molecular formula is C16H25ClN2O2. The summed E-state index contributed by atoms with van der Waals surface area (Å²) in [7, 11) is 0. The molecule has 0 saturated carbocycles. The smallest absolute Gasteiger partial charge is 0.226 e. The van der Waals surface area contributed by atoms with Gasteiger partial charge in [-0.05, 0) is 43.5 Å². The van der Waals surface area contributed by atoms with E-state index >= 15 is 0 Å². The fourth-order valence-electron chi connectivity index (χ4n) is 2.47. The van der Waals surface area contributed by atoms with Crippen LogP contribution in [0.25, 0.3) is 0 Å². The quantitative estimate of drug-likeness (QED) is 0.927. The Morgan fingerprint density at radius 2 is 1.90 bits per heavy atom. The molecule has 118 valence electrons. The van der Waals surface area contributed by atoms with Gasteiger partial charge < -0.3 is 15.0 Å². The van der Waals surface area contributed by atoms with Gasteiger partial charge in [0.2, 0.25) is 5.91 Å². The van der Waals surface area contributed by atoms with Crippen molar-refractivity contribution in [1.29, 1.82) is 0 Å². The topological polar surface area (TPSA) is 41.6 Å². The highest BCUT2D eigenvalue weighted by atomic mass is 35.5. The average Bonchev–Trinajstić information content (AvgIpc) is 2.44. The largest absolute Gasteiger partial charge is 0.493 e. The third-order valence-electron chi connectivity index (χ3n) is 3.81. The summed E-state index contributed by atoms with van der Waals surface area (Å²) in [5.74, 6) is 1.09. The van der Waals surface area contributed by atoms with Gasteiger partial charge in [-0.1, -0.05) is 6.07 Å². The number of nitrogens with one attached hydrogen (secondary N) is 1. The van der Waals surface area contributed by atoms with Crippen LogP contribution in [0.15, 0.2) is 12.1 Å². The standard InChI is InChI=1S/C16H24N2O2.ClH/c1-12-10-13(2)14(3)15(11-12)20-9-4-16(19)18-7-5-17-6-8-18;/h10-11,17H,4-9H2,1-3H3;1H. The minimum absolute atomic E-state index is 0. The summed E-state index contributed by atoms with van der Waals surface area (Å²) in [5, 5.41) is 3.25. The van der Waals surface area contributed by atoms with Crippen molar-refractivity contribution < 1.29 is 9.53 Å². The number of benzene rings is 1. The monoisotopic (exact) mass is 312 g/mol. The highest BCUT2D eigenvalue weighted by molar-refractivity contribution is 5.85. The first-order valence-corrected chi connectivity index (χ1v) is 7.27. The van der Waals surface area contributed by atoms with E-state index in [9.17, 15) is 4.79 Å². The molecule has 0 radical (unpaired) electrons. The molecule has 1 saturated heterocycles. The van der Waals surface area contributed by atoms with Gasteiger partial charge in [-0.3, -0.25) is 4.79 Å². The van der Waals surface area contributed by atoms with E-state index in [0.29, 0.717) is 13.0 Å². The minimum atomic E-state index is 0. The van der Waals surface area contributed by atoms with Crippen molar-refractivity contribution in [2.24, 2.45) is 0 Å². The molecule has 1 aliphatic heterocycles. The van der Waals surface area contributed by atoms with Gasteiger partial charge in [0.1, 0.15) is 5.75 Å². The summed E-state index contributed by atoms with van der Waals surface area (Å²) in [6, 6.07) is 4.19. The van der Waals surface area contributed by atoms with Crippen molar-refractivity contribution in [1.82, 2.24) is 10.2 Å². The maximum atomic E-state index is 12.0. The van der Waals surface area contributed by atoms with Crippen LogP contribution in [0.2, 0.25) is 0 Å². The van der Waals surface area contributed by atoms with E-state index < -0.39 is 0 Å². The van der Waals surface area contributed by atoms with Crippen molar-refractivity contribution in [2.75, 3.05) is 32.8 Å². The zero-order valence-electron chi connectivity index (χ0n) is 13.1. The molecule has 1 heterocycles. The molecule has 0 aliphatic carbocycles. The van der Waals surface area contributed by atoms with E-state index in [-0.39, 0.29) is 18.3 Å². The number of carbonyl (C=O) groups is 1. The molecule has 2 rings (SSSR count). The lowest BCUT2D eigenvalue weighted by Crippen LogP contribution is -2.46. The predicted molar refractivity (Wildman–Crippen MR) is 87.5 cm³/mol. The summed E-state index contributed by atoms with van der Waals surface area (Å²) in [6.07, 6.45) is 0.451. The zero-order chi connectivity index (χ0) is 14.5. The summed E-state index contributed by atoms with van der Waals surface area (Å²) < 4.78 is 5.80. The number of carbonyl (C=O) groups excluding carboxylic acids is 1. The normalized spacial score (nSPS) is 14.5. The number of hydrogen-bond donors (Lipinski definition) is 1. The number of rotatable bonds is 4. The first-order valence-electron chi connectivity index (χ1n) is 7.27. The second-order valence-corrected chi connectivity index (χ2v) is 5.43. The third kappa shape index (κ3) is 4.90. The minimum Gasteiger partial charge on any atom is -0.493 e.